The topological polar surface area (TPSA) is 24.8 Å². The molecule has 1 heterocycles. The lowest BCUT2D eigenvalue weighted by atomic mass is 10.1. The van der Waals surface area contributed by atoms with Crippen LogP contribution in [0, 0.1) is 6.92 Å². The smallest absolute Gasteiger partial charge is 0.227 e. The first-order valence-electron chi connectivity index (χ1n) is 6.97. The van der Waals surface area contributed by atoms with E-state index in [1.165, 1.54) is 10.5 Å². The van der Waals surface area contributed by atoms with Crippen molar-refractivity contribution in [2.24, 2.45) is 0 Å². The summed E-state index contributed by atoms with van der Waals surface area (Å²) < 4.78 is 0. The summed E-state index contributed by atoms with van der Waals surface area (Å²) in [5.74, 6) is 0.251. The molecule has 1 aromatic rings. The fraction of sp³-hybridized carbons (Fsp3) is 0.438. The maximum absolute atomic E-state index is 12.2. The largest absolute Gasteiger partial charge is 0.331 e. The van der Waals surface area contributed by atoms with Gasteiger partial charge in [0.2, 0.25) is 5.91 Å². The van der Waals surface area contributed by atoms with E-state index in [1.54, 1.807) is 0 Å². The van der Waals surface area contributed by atoms with Crippen LogP contribution in [-0.2, 0) is 11.2 Å². The van der Waals surface area contributed by atoms with E-state index in [2.05, 4.69) is 25.6 Å². The number of nitrogens with one attached hydrogen (secondary N) is 1. The highest BCUT2D eigenvalue weighted by molar-refractivity contribution is 5.78. The third-order valence-electron chi connectivity index (χ3n) is 3.73. The van der Waals surface area contributed by atoms with Gasteiger partial charge in [0.25, 0.3) is 0 Å². The number of benzene rings is 1. The van der Waals surface area contributed by atoms with Gasteiger partial charge >= 0.3 is 0 Å². The van der Waals surface area contributed by atoms with Gasteiger partial charge in [-0.05, 0) is 18.6 Å². The van der Waals surface area contributed by atoms with Crippen LogP contribution in [0.4, 0.5) is 0 Å². The first-order chi connectivity index (χ1) is 9.19. The molecule has 0 saturated carbocycles. The first kappa shape index (κ1) is 13.8. The molecule has 1 aliphatic rings. The Morgan fingerprint density at radius 3 is 2.53 bits per heavy atom. The van der Waals surface area contributed by atoms with E-state index in [9.17, 15) is 4.79 Å². The van der Waals surface area contributed by atoms with E-state index in [-0.39, 0.29) is 5.91 Å². The number of nitrogens with zero attached hydrogens (tertiary/aromatic N) is 1. The predicted octanol–water partition coefficient (Wildman–Crippen LogP) is 0.451. The van der Waals surface area contributed by atoms with Crippen molar-refractivity contribution in [1.82, 2.24) is 4.90 Å². The average molecular weight is 259 g/mol. The minimum atomic E-state index is 0.251. The number of rotatable bonds is 4. The number of hydrogen-bond acceptors (Lipinski definition) is 1. The van der Waals surface area contributed by atoms with Crippen molar-refractivity contribution >= 4 is 5.91 Å². The molecule has 0 bridgehead atoms. The second-order valence-electron chi connectivity index (χ2n) is 5.29. The maximum atomic E-state index is 12.2. The van der Waals surface area contributed by atoms with Gasteiger partial charge in [0.15, 0.2) is 0 Å². The molecule has 102 valence electrons. The van der Waals surface area contributed by atoms with Gasteiger partial charge in [-0.3, -0.25) is 4.79 Å². The molecule has 1 aromatic carbocycles. The van der Waals surface area contributed by atoms with Crippen molar-refractivity contribution in [2.75, 3.05) is 32.7 Å². The van der Waals surface area contributed by atoms with Crippen LogP contribution in [0.2, 0.25) is 0 Å². The lowest BCUT2D eigenvalue weighted by Crippen LogP contribution is -3.14. The van der Waals surface area contributed by atoms with Crippen LogP contribution < -0.4 is 4.90 Å². The van der Waals surface area contributed by atoms with Crippen LogP contribution >= 0.6 is 0 Å². The number of amides is 1. The molecule has 1 aliphatic heterocycles. The molecule has 19 heavy (non-hydrogen) atoms. The van der Waals surface area contributed by atoms with E-state index < -0.39 is 0 Å². The Morgan fingerprint density at radius 2 is 1.95 bits per heavy atom. The molecule has 1 amide bonds. The van der Waals surface area contributed by atoms with Gasteiger partial charge in [0.1, 0.15) is 0 Å². The third-order valence-corrected chi connectivity index (χ3v) is 3.73. The highest BCUT2D eigenvalue weighted by atomic mass is 16.2. The molecule has 0 spiro atoms. The molecule has 3 heteroatoms. The van der Waals surface area contributed by atoms with E-state index in [0.29, 0.717) is 6.42 Å². The minimum absolute atomic E-state index is 0.251. The zero-order valence-electron chi connectivity index (χ0n) is 11.7. The Labute approximate surface area is 115 Å². The quantitative estimate of drug-likeness (QED) is 0.780. The van der Waals surface area contributed by atoms with Crippen LogP contribution in [0.1, 0.15) is 11.1 Å². The molecular formula is C16H23N2O+. The summed E-state index contributed by atoms with van der Waals surface area (Å²) in [5.41, 5.74) is 2.34. The summed E-state index contributed by atoms with van der Waals surface area (Å²) in [6, 6.07) is 8.22. The third kappa shape index (κ3) is 3.93. The van der Waals surface area contributed by atoms with E-state index in [0.717, 1.165) is 38.3 Å². The highest BCUT2D eigenvalue weighted by Gasteiger charge is 2.22. The van der Waals surface area contributed by atoms with Gasteiger partial charge < -0.3 is 9.80 Å². The summed E-state index contributed by atoms with van der Waals surface area (Å²) in [5, 5.41) is 0. The Morgan fingerprint density at radius 1 is 1.32 bits per heavy atom. The van der Waals surface area contributed by atoms with Crippen molar-refractivity contribution in [1.29, 1.82) is 0 Å². The highest BCUT2D eigenvalue weighted by Crippen LogP contribution is 2.06. The normalized spacial score (nSPS) is 16.4. The van der Waals surface area contributed by atoms with Crippen LogP contribution in [0.3, 0.4) is 0 Å². The molecule has 0 unspecified atom stereocenters. The van der Waals surface area contributed by atoms with Gasteiger partial charge in [-0.1, -0.05) is 36.4 Å². The molecule has 1 N–H and O–H groups in total. The van der Waals surface area contributed by atoms with Crippen LogP contribution in [-0.4, -0.2) is 43.5 Å². The molecule has 0 atom stereocenters. The number of aryl methyl sites for hydroxylation is 1. The number of carbonyl (C=O) groups excluding carboxylic acids is 1. The summed E-state index contributed by atoms with van der Waals surface area (Å²) in [6.45, 7) is 10.6. The molecule has 1 saturated heterocycles. The van der Waals surface area contributed by atoms with Crippen molar-refractivity contribution in [3.05, 3.63) is 48.0 Å². The SMILES string of the molecule is C=CC[NH+]1CCN(C(=O)Cc2ccc(C)cc2)CC1. The zero-order valence-corrected chi connectivity index (χ0v) is 11.7. The summed E-state index contributed by atoms with van der Waals surface area (Å²) >= 11 is 0. The van der Waals surface area contributed by atoms with Gasteiger partial charge in [0, 0.05) is 0 Å². The molecule has 0 aliphatic carbocycles. The first-order valence-corrected chi connectivity index (χ1v) is 6.97. The lowest BCUT2D eigenvalue weighted by Gasteiger charge is -2.31. The molecule has 0 radical (unpaired) electrons. The summed E-state index contributed by atoms with van der Waals surface area (Å²) in [6.07, 6.45) is 2.48. The van der Waals surface area contributed by atoms with Gasteiger partial charge in [0.05, 0.1) is 39.1 Å². The fourth-order valence-corrected chi connectivity index (χ4v) is 2.47. The maximum Gasteiger partial charge on any atom is 0.227 e. The molecule has 0 aromatic heterocycles. The fourth-order valence-electron chi connectivity index (χ4n) is 2.47. The Kier molecular flexibility index (Phi) is 4.74. The van der Waals surface area contributed by atoms with Gasteiger partial charge in [-0.2, -0.15) is 0 Å². The Hall–Kier alpha value is -1.61. The average Bonchev–Trinajstić information content (AvgIpc) is 2.42. The van der Waals surface area contributed by atoms with Crippen molar-refractivity contribution < 1.29 is 9.69 Å². The molecule has 1 fully saturated rings. The Balaban J connectivity index is 1.84. The minimum Gasteiger partial charge on any atom is -0.331 e. The number of carbonyl (C=O) groups is 1. The zero-order chi connectivity index (χ0) is 13.7. The number of hydrogen-bond donors (Lipinski definition) is 1. The van der Waals surface area contributed by atoms with Gasteiger partial charge in [-0.15, -0.1) is 0 Å². The van der Waals surface area contributed by atoms with E-state index in [1.807, 2.05) is 23.1 Å². The predicted molar refractivity (Wildman–Crippen MR) is 77.2 cm³/mol. The second kappa shape index (κ2) is 6.53. The molecule has 3 nitrogen and oxygen atoms in total. The van der Waals surface area contributed by atoms with Crippen molar-refractivity contribution in [3.63, 3.8) is 0 Å². The van der Waals surface area contributed by atoms with Crippen molar-refractivity contribution in [3.8, 4) is 0 Å². The lowest BCUT2D eigenvalue weighted by molar-refractivity contribution is -0.898. The van der Waals surface area contributed by atoms with Crippen molar-refractivity contribution in [2.45, 2.75) is 13.3 Å². The van der Waals surface area contributed by atoms with E-state index in [4.69, 9.17) is 0 Å². The Bertz CT molecular complexity index is 431. The van der Waals surface area contributed by atoms with E-state index >= 15 is 0 Å². The van der Waals surface area contributed by atoms with Crippen LogP contribution in [0.15, 0.2) is 36.9 Å². The summed E-state index contributed by atoms with van der Waals surface area (Å²) in [4.78, 5) is 15.7. The summed E-state index contributed by atoms with van der Waals surface area (Å²) in [7, 11) is 0. The molecule has 2 rings (SSSR count). The molecular weight excluding hydrogens is 236 g/mol. The van der Waals surface area contributed by atoms with Gasteiger partial charge in [-0.25, -0.2) is 0 Å². The van der Waals surface area contributed by atoms with Crippen LogP contribution in [0.5, 0.6) is 0 Å². The number of piperazine rings is 1. The van der Waals surface area contributed by atoms with Crippen LogP contribution in [0.25, 0.3) is 0 Å². The standard InChI is InChI=1S/C16H22N2O/c1-3-8-17-9-11-18(12-10-17)16(19)13-15-6-4-14(2)5-7-15/h3-7H,1,8-13H2,2H3/p+1. The second-order valence-corrected chi connectivity index (χ2v) is 5.29. The number of quaternary nitrogens is 1. The monoisotopic (exact) mass is 259 g/mol.